The number of hydrogen-bond donors (Lipinski definition) is 0. The Morgan fingerprint density at radius 2 is 2.00 bits per heavy atom. The molecule has 6 heteroatoms. The lowest BCUT2D eigenvalue weighted by Crippen LogP contribution is -2.50. The number of hydrogen-bond acceptors (Lipinski definition) is 3. The van der Waals surface area contributed by atoms with Gasteiger partial charge < -0.3 is 4.74 Å². The lowest BCUT2D eigenvalue weighted by molar-refractivity contribution is -0.0411. The van der Waals surface area contributed by atoms with Crippen LogP contribution in [0.1, 0.15) is 12.5 Å². The molecule has 1 aromatic carbocycles. The van der Waals surface area contributed by atoms with Crippen molar-refractivity contribution in [3.8, 4) is 0 Å². The van der Waals surface area contributed by atoms with Crippen molar-refractivity contribution in [3.63, 3.8) is 0 Å². The van der Waals surface area contributed by atoms with Crippen molar-refractivity contribution >= 4 is 26.0 Å². The lowest BCUT2D eigenvalue weighted by atomic mass is 10.2. The van der Waals surface area contributed by atoms with Gasteiger partial charge in [-0.3, -0.25) is 0 Å². The maximum absolute atomic E-state index is 12.4. The zero-order valence-electron chi connectivity index (χ0n) is 11.5. The maximum Gasteiger partial charge on any atom is 0.214 e. The number of nitrogens with zero attached hydrogens (tertiary/aromatic N) is 1. The second kappa shape index (κ2) is 7.02. The van der Waals surface area contributed by atoms with E-state index in [-0.39, 0.29) is 18.0 Å². The van der Waals surface area contributed by atoms with Gasteiger partial charge >= 0.3 is 0 Å². The number of ether oxygens (including phenoxy) is 1. The minimum absolute atomic E-state index is 0.0576. The Bertz CT molecular complexity index is 520. The molecule has 2 atom stereocenters. The molecule has 0 radical (unpaired) electrons. The number of morpholine rings is 1. The van der Waals surface area contributed by atoms with E-state index in [9.17, 15) is 8.42 Å². The summed E-state index contributed by atoms with van der Waals surface area (Å²) >= 11 is 3.36. The predicted octanol–water partition coefficient (Wildman–Crippen LogP) is 2.04. The average Bonchev–Trinajstić information content (AvgIpc) is 2.45. The number of sulfonamides is 1. The molecule has 0 spiro atoms. The van der Waals surface area contributed by atoms with Gasteiger partial charge in [0.25, 0.3) is 0 Å². The minimum Gasteiger partial charge on any atom is -0.372 e. The van der Waals surface area contributed by atoms with E-state index in [1.54, 1.807) is 4.31 Å². The summed E-state index contributed by atoms with van der Waals surface area (Å²) in [5.41, 5.74) is 1.05. The molecule has 112 valence electrons. The van der Waals surface area contributed by atoms with Gasteiger partial charge in [-0.2, -0.15) is 4.31 Å². The van der Waals surface area contributed by atoms with Gasteiger partial charge in [0.15, 0.2) is 0 Å². The van der Waals surface area contributed by atoms with E-state index in [1.807, 2.05) is 37.3 Å². The third kappa shape index (κ3) is 4.28. The highest BCUT2D eigenvalue weighted by Crippen LogP contribution is 2.17. The molecule has 1 aliphatic rings. The van der Waals surface area contributed by atoms with E-state index < -0.39 is 10.0 Å². The summed E-state index contributed by atoms with van der Waals surface area (Å²) in [6.07, 6.45) is 0.427. The van der Waals surface area contributed by atoms with E-state index in [0.717, 1.165) is 5.56 Å². The summed E-state index contributed by atoms with van der Waals surface area (Å²) < 4.78 is 32.1. The summed E-state index contributed by atoms with van der Waals surface area (Å²) in [6, 6.07) is 9.71. The molecule has 2 unspecified atom stereocenters. The summed E-state index contributed by atoms with van der Waals surface area (Å²) in [7, 11) is -3.22. The van der Waals surface area contributed by atoms with Crippen LogP contribution in [0.15, 0.2) is 30.3 Å². The molecule has 0 N–H and O–H groups in total. The molecule has 20 heavy (non-hydrogen) atoms. The van der Waals surface area contributed by atoms with Gasteiger partial charge in [-0.1, -0.05) is 46.3 Å². The summed E-state index contributed by atoms with van der Waals surface area (Å²) in [4.78, 5) is 0. The highest BCUT2D eigenvalue weighted by molar-refractivity contribution is 9.09. The molecule has 1 aromatic rings. The Morgan fingerprint density at radius 1 is 1.30 bits per heavy atom. The van der Waals surface area contributed by atoms with Gasteiger partial charge in [0, 0.05) is 18.4 Å². The van der Waals surface area contributed by atoms with E-state index >= 15 is 0 Å². The molecule has 1 saturated heterocycles. The van der Waals surface area contributed by atoms with Gasteiger partial charge in [0.1, 0.15) is 0 Å². The van der Waals surface area contributed by atoms with Gasteiger partial charge in [-0.25, -0.2) is 8.42 Å². The summed E-state index contributed by atoms with van der Waals surface area (Å²) in [5, 5.41) is 0.655. The van der Waals surface area contributed by atoms with Gasteiger partial charge in [0.05, 0.1) is 18.0 Å². The Kier molecular flexibility index (Phi) is 5.60. The van der Waals surface area contributed by atoms with Gasteiger partial charge in [0.2, 0.25) is 10.0 Å². The van der Waals surface area contributed by atoms with Crippen molar-refractivity contribution in [3.05, 3.63) is 35.9 Å². The van der Waals surface area contributed by atoms with E-state index in [2.05, 4.69) is 15.9 Å². The molecular formula is C14H20BrNO3S. The zero-order chi connectivity index (χ0) is 14.6. The van der Waals surface area contributed by atoms with Crippen molar-refractivity contribution in [2.75, 3.05) is 24.2 Å². The highest BCUT2D eigenvalue weighted by atomic mass is 79.9. The number of rotatable bonds is 5. The highest BCUT2D eigenvalue weighted by Gasteiger charge is 2.31. The van der Waals surface area contributed by atoms with E-state index in [1.165, 1.54) is 0 Å². The van der Waals surface area contributed by atoms with Crippen LogP contribution >= 0.6 is 15.9 Å². The first kappa shape index (κ1) is 15.9. The molecule has 4 nitrogen and oxygen atoms in total. The number of halogens is 1. The van der Waals surface area contributed by atoms with Crippen LogP contribution in [-0.2, 0) is 21.2 Å². The van der Waals surface area contributed by atoms with Crippen LogP contribution in [0.4, 0.5) is 0 Å². The third-order valence-corrected chi connectivity index (χ3v) is 5.88. The van der Waals surface area contributed by atoms with Crippen molar-refractivity contribution in [1.29, 1.82) is 0 Å². The topological polar surface area (TPSA) is 46.6 Å². The fraction of sp³-hybridized carbons (Fsp3) is 0.571. The number of aryl methyl sites for hydroxylation is 1. The second-order valence-corrected chi connectivity index (χ2v) is 7.83. The van der Waals surface area contributed by atoms with Crippen LogP contribution in [0.2, 0.25) is 0 Å². The molecule has 2 rings (SSSR count). The monoisotopic (exact) mass is 361 g/mol. The van der Waals surface area contributed by atoms with E-state index in [0.29, 0.717) is 24.8 Å². The van der Waals surface area contributed by atoms with Crippen molar-refractivity contribution in [2.45, 2.75) is 25.6 Å². The van der Waals surface area contributed by atoms with Gasteiger partial charge in [-0.15, -0.1) is 0 Å². The lowest BCUT2D eigenvalue weighted by Gasteiger charge is -2.35. The zero-order valence-corrected chi connectivity index (χ0v) is 13.9. The molecule has 1 aliphatic heterocycles. The molecule has 0 amide bonds. The van der Waals surface area contributed by atoms with Crippen LogP contribution in [0.25, 0.3) is 0 Å². The Hall–Kier alpha value is -0.430. The smallest absolute Gasteiger partial charge is 0.214 e. The standard InChI is InChI=1S/C14H20BrNO3S/c1-12-10-16(11-14(9-15)19-12)20(17,18)8-7-13-5-3-2-4-6-13/h2-6,12,14H,7-11H2,1H3. The van der Waals surface area contributed by atoms with Gasteiger partial charge in [-0.05, 0) is 18.9 Å². The minimum atomic E-state index is -3.22. The van der Waals surface area contributed by atoms with Crippen LogP contribution in [0, 0.1) is 0 Å². The number of alkyl halides is 1. The molecular weight excluding hydrogens is 342 g/mol. The summed E-state index contributed by atoms with van der Waals surface area (Å²) in [5.74, 6) is 0.152. The average molecular weight is 362 g/mol. The first-order valence-electron chi connectivity index (χ1n) is 6.74. The second-order valence-electron chi connectivity index (χ2n) is 5.09. The number of benzene rings is 1. The summed E-state index contributed by atoms with van der Waals surface area (Å²) in [6.45, 7) is 2.79. The van der Waals surface area contributed by atoms with Crippen LogP contribution in [-0.4, -0.2) is 49.1 Å². The van der Waals surface area contributed by atoms with Crippen molar-refractivity contribution in [1.82, 2.24) is 4.31 Å². The quantitative estimate of drug-likeness (QED) is 0.754. The van der Waals surface area contributed by atoms with Crippen molar-refractivity contribution < 1.29 is 13.2 Å². The largest absolute Gasteiger partial charge is 0.372 e. The van der Waals surface area contributed by atoms with Crippen LogP contribution < -0.4 is 0 Å². The van der Waals surface area contributed by atoms with E-state index in [4.69, 9.17) is 4.74 Å². The van der Waals surface area contributed by atoms with Crippen molar-refractivity contribution in [2.24, 2.45) is 0 Å². The molecule has 0 saturated carbocycles. The molecule has 0 aliphatic carbocycles. The maximum atomic E-state index is 12.4. The first-order valence-corrected chi connectivity index (χ1v) is 9.47. The Labute approximate surface area is 129 Å². The fourth-order valence-corrected chi connectivity index (χ4v) is 4.28. The Balaban J connectivity index is 1.99. The molecule has 1 fully saturated rings. The van der Waals surface area contributed by atoms with Crippen LogP contribution in [0.3, 0.4) is 0 Å². The predicted molar refractivity (Wildman–Crippen MR) is 83.6 cm³/mol. The SMILES string of the molecule is CC1CN(S(=O)(=O)CCc2ccccc2)CC(CBr)O1. The third-order valence-electron chi connectivity index (χ3n) is 3.35. The molecule has 1 heterocycles. The first-order chi connectivity index (χ1) is 9.51. The Morgan fingerprint density at radius 3 is 2.65 bits per heavy atom. The molecule has 0 bridgehead atoms. The normalized spacial score (nSPS) is 24.7. The fourth-order valence-electron chi connectivity index (χ4n) is 2.34. The van der Waals surface area contributed by atoms with Crippen LogP contribution in [0.5, 0.6) is 0 Å². The molecule has 0 aromatic heterocycles.